The standard InChI is InChI=1S/C8H17NSi/c1-7(9-3)6-8(2)10(4)5/h6,9-10H,1H2,2-5H3/b8-6+. The van der Waals surface area contributed by atoms with E-state index in [9.17, 15) is 0 Å². The summed E-state index contributed by atoms with van der Waals surface area (Å²) in [6.45, 7) is 10.6. The van der Waals surface area contributed by atoms with Crippen molar-refractivity contribution in [2.24, 2.45) is 0 Å². The van der Waals surface area contributed by atoms with Crippen LogP contribution < -0.4 is 5.32 Å². The molecule has 0 aliphatic carbocycles. The number of nitrogens with one attached hydrogen (secondary N) is 1. The van der Waals surface area contributed by atoms with Gasteiger partial charge >= 0.3 is 0 Å². The summed E-state index contributed by atoms with van der Waals surface area (Å²) >= 11 is 0. The first-order chi connectivity index (χ1) is 4.57. The van der Waals surface area contributed by atoms with Gasteiger partial charge < -0.3 is 5.32 Å². The summed E-state index contributed by atoms with van der Waals surface area (Å²) in [6.07, 6.45) is 2.14. The zero-order valence-electron chi connectivity index (χ0n) is 7.36. The number of hydrogen-bond donors (Lipinski definition) is 1. The summed E-state index contributed by atoms with van der Waals surface area (Å²) in [5, 5.41) is 4.50. The quantitative estimate of drug-likeness (QED) is 0.483. The van der Waals surface area contributed by atoms with E-state index in [1.54, 1.807) is 0 Å². The van der Waals surface area contributed by atoms with Crippen LogP contribution in [0.3, 0.4) is 0 Å². The van der Waals surface area contributed by atoms with Gasteiger partial charge in [0.25, 0.3) is 0 Å². The Morgan fingerprint density at radius 1 is 1.50 bits per heavy atom. The zero-order valence-corrected chi connectivity index (χ0v) is 8.52. The molecular formula is C8H17NSi. The maximum Gasteiger partial charge on any atom is 0.0592 e. The molecule has 0 amide bonds. The SMILES string of the molecule is C=C(/C=C(\C)[SiH](C)C)NC. The first kappa shape index (κ1) is 9.50. The fourth-order valence-electron chi connectivity index (χ4n) is 0.514. The molecule has 0 aromatic rings. The molecule has 2 heteroatoms. The van der Waals surface area contributed by atoms with Gasteiger partial charge in [0.05, 0.1) is 8.80 Å². The fourth-order valence-corrected chi connectivity index (χ4v) is 1.05. The Kier molecular flexibility index (Phi) is 4.12. The molecule has 0 fully saturated rings. The van der Waals surface area contributed by atoms with E-state index < -0.39 is 8.80 Å². The predicted molar refractivity (Wildman–Crippen MR) is 50.8 cm³/mol. The Bertz CT molecular complexity index is 147. The van der Waals surface area contributed by atoms with Gasteiger partial charge in [-0.05, 0) is 13.0 Å². The third-order valence-electron chi connectivity index (χ3n) is 1.63. The third-order valence-corrected chi connectivity index (χ3v) is 3.62. The molecule has 0 rings (SSSR count). The molecule has 1 nitrogen and oxygen atoms in total. The third kappa shape index (κ3) is 3.51. The van der Waals surface area contributed by atoms with E-state index in [-0.39, 0.29) is 0 Å². The summed E-state index contributed by atoms with van der Waals surface area (Å²) in [5.41, 5.74) is 1.01. The summed E-state index contributed by atoms with van der Waals surface area (Å²) in [7, 11) is 1.32. The van der Waals surface area contributed by atoms with Crippen LogP contribution in [0.4, 0.5) is 0 Å². The van der Waals surface area contributed by atoms with Crippen LogP contribution >= 0.6 is 0 Å². The lowest BCUT2D eigenvalue weighted by Crippen LogP contribution is -2.07. The minimum absolute atomic E-state index is 0.574. The van der Waals surface area contributed by atoms with E-state index >= 15 is 0 Å². The van der Waals surface area contributed by atoms with Crippen molar-refractivity contribution in [1.82, 2.24) is 5.32 Å². The molecular weight excluding hydrogens is 138 g/mol. The first-order valence-corrected chi connectivity index (χ1v) is 6.51. The van der Waals surface area contributed by atoms with Gasteiger partial charge in [-0.1, -0.05) is 24.9 Å². The van der Waals surface area contributed by atoms with Crippen LogP contribution in [0.2, 0.25) is 13.1 Å². The Balaban J connectivity index is 4.03. The van der Waals surface area contributed by atoms with Gasteiger partial charge in [-0.2, -0.15) is 0 Å². The highest BCUT2D eigenvalue weighted by atomic mass is 28.3. The number of hydrogen-bond acceptors (Lipinski definition) is 1. The van der Waals surface area contributed by atoms with Gasteiger partial charge in [0.2, 0.25) is 0 Å². The maximum absolute atomic E-state index is 3.83. The molecule has 0 bridgehead atoms. The Morgan fingerprint density at radius 2 is 2.00 bits per heavy atom. The average molecular weight is 155 g/mol. The van der Waals surface area contributed by atoms with Crippen LogP contribution in [-0.2, 0) is 0 Å². The van der Waals surface area contributed by atoms with Crippen LogP contribution in [0.5, 0.6) is 0 Å². The van der Waals surface area contributed by atoms with Gasteiger partial charge in [0.1, 0.15) is 0 Å². The van der Waals surface area contributed by atoms with E-state index in [0.717, 1.165) is 5.70 Å². The fraction of sp³-hybridized carbons (Fsp3) is 0.500. The second-order valence-corrected chi connectivity index (χ2v) is 6.04. The van der Waals surface area contributed by atoms with Crippen molar-refractivity contribution in [2.45, 2.75) is 20.0 Å². The van der Waals surface area contributed by atoms with E-state index in [1.807, 2.05) is 7.05 Å². The molecule has 0 atom stereocenters. The lowest BCUT2D eigenvalue weighted by Gasteiger charge is -2.04. The molecule has 0 saturated carbocycles. The maximum atomic E-state index is 3.83. The molecule has 10 heavy (non-hydrogen) atoms. The molecule has 0 aliphatic rings. The lowest BCUT2D eigenvalue weighted by molar-refractivity contribution is 1.04. The van der Waals surface area contributed by atoms with Crippen LogP contribution in [0, 0.1) is 0 Å². The van der Waals surface area contributed by atoms with Crippen molar-refractivity contribution in [1.29, 1.82) is 0 Å². The van der Waals surface area contributed by atoms with Gasteiger partial charge in [-0.15, -0.1) is 0 Å². The lowest BCUT2D eigenvalue weighted by atomic mass is 10.4. The molecule has 0 radical (unpaired) electrons. The molecule has 0 spiro atoms. The molecule has 1 N–H and O–H groups in total. The normalized spacial score (nSPS) is 11.9. The molecule has 0 unspecified atom stereocenters. The largest absolute Gasteiger partial charge is 0.389 e. The van der Waals surface area contributed by atoms with Gasteiger partial charge in [-0.3, -0.25) is 0 Å². The van der Waals surface area contributed by atoms with Crippen molar-refractivity contribution in [2.75, 3.05) is 7.05 Å². The number of likely N-dealkylation sites (N-methyl/N-ethyl adjacent to an activating group) is 1. The summed E-state index contributed by atoms with van der Waals surface area (Å²) < 4.78 is 0. The molecule has 0 saturated heterocycles. The van der Waals surface area contributed by atoms with Crippen LogP contribution in [0.25, 0.3) is 0 Å². The van der Waals surface area contributed by atoms with Crippen LogP contribution in [-0.4, -0.2) is 15.8 Å². The van der Waals surface area contributed by atoms with E-state index in [4.69, 9.17) is 0 Å². The van der Waals surface area contributed by atoms with Crippen LogP contribution in [0.15, 0.2) is 23.5 Å². The second kappa shape index (κ2) is 4.33. The summed E-state index contributed by atoms with van der Waals surface area (Å²) in [5.74, 6) is 0. The van der Waals surface area contributed by atoms with Crippen LogP contribution in [0.1, 0.15) is 6.92 Å². The minimum Gasteiger partial charge on any atom is -0.389 e. The van der Waals surface area contributed by atoms with Crippen molar-refractivity contribution in [3.8, 4) is 0 Å². The number of allylic oxidation sites excluding steroid dienone is 2. The van der Waals surface area contributed by atoms with E-state index in [0.29, 0.717) is 0 Å². The zero-order chi connectivity index (χ0) is 8.15. The van der Waals surface area contributed by atoms with Crippen molar-refractivity contribution < 1.29 is 0 Å². The highest BCUT2D eigenvalue weighted by molar-refractivity contribution is 6.63. The highest BCUT2D eigenvalue weighted by Gasteiger charge is 1.96. The number of rotatable bonds is 3. The summed E-state index contributed by atoms with van der Waals surface area (Å²) in [6, 6.07) is 0. The minimum atomic E-state index is -0.574. The molecule has 0 aromatic carbocycles. The average Bonchev–Trinajstić information content (AvgIpc) is 1.87. The van der Waals surface area contributed by atoms with Crippen molar-refractivity contribution >= 4 is 8.80 Å². The van der Waals surface area contributed by atoms with Gasteiger partial charge in [0, 0.05) is 12.7 Å². The van der Waals surface area contributed by atoms with Crippen molar-refractivity contribution in [3.05, 3.63) is 23.5 Å². The Hall–Kier alpha value is -0.503. The van der Waals surface area contributed by atoms with Crippen molar-refractivity contribution in [3.63, 3.8) is 0 Å². The Labute approximate surface area is 65.4 Å². The first-order valence-electron chi connectivity index (χ1n) is 3.62. The molecule has 58 valence electrons. The highest BCUT2D eigenvalue weighted by Crippen LogP contribution is 2.01. The smallest absolute Gasteiger partial charge is 0.0592 e. The summed E-state index contributed by atoms with van der Waals surface area (Å²) in [4.78, 5) is 0. The van der Waals surface area contributed by atoms with E-state index in [2.05, 4.69) is 38.0 Å². The Morgan fingerprint density at radius 3 is 2.30 bits per heavy atom. The second-order valence-electron chi connectivity index (χ2n) is 2.82. The van der Waals surface area contributed by atoms with Gasteiger partial charge in [-0.25, -0.2) is 0 Å². The van der Waals surface area contributed by atoms with Gasteiger partial charge in [0.15, 0.2) is 0 Å². The monoisotopic (exact) mass is 155 g/mol. The molecule has 0 heterocycles. The predicted octanol–water partition coefficient (Wildman–Crippen LogP) is 1.69. The molecule has 0 aliphatic heterocycles. The molecule has 0 aromatic heterocycles. The van der Waals surface area contributed by atoms with E-state index in [1.165, 1.54) is 5.20 Å². The topological polar surface area (TPSA) is 12.0 Å².